The Balaban J connectivity index is 2.18. The molecule has 0 heterocycles. The summed E-state index contributed by atoms with van der Waals surface area (Å²) in [5.74, 6) is 0.540. The maximum absolute atomic E-state index is 12.8. The first-order valence-corrected chi connectivity index (χ1v) is 9.59. The van der Waals surface area contributed by atoms with Crippen LogP contribution in [0.4, 0.5) is 18.0 Å². The fourth-order valence-electron chi connectivity index (χ4n) is 2.87. The van der Waals surface area contributed by atoms with Crippen LogP contribution in [-0.4, -0.2) is 18.6 Å². The summed E-state index contributed by atoms with van der Waals surface area (Å²) in [6.45, 7) is 3.70. The van der Waals surface area contributed by atoms with Gasteiger partial charge in [-0.2, -0.15) is 13.2 Å². The van der Waals surface area contributed by atoms with Crippen molar-refractivity contribution < 1.29 is 32.2 Å². The van der Waals surface area contributed by atoms with Crippen LogP contribution in [-0.2, 0) is 28.5 Å². The van der Waals surface area contributed by atoms with Gasteiger partial charge in [-0.3, -0.25) is 10.1 Å². The lowest BCUT2D eigenvalue weighted by Gasteiger charge is -2.17. The fourth-order valence-corrected chi connectivity index (χ4v) is 3.09. The Morgan fingerprint density at radius 2 is 1.93 bits per heavy atom. The van der Waals surface area contributed by atoms with Gasteiger partial charge in [0.05, 0.1) is 10.6 Å². The molecule has 0 bridgehead atoms. The first kappa shape index (κ1) is 23.5. The molecule has 162 valence electrons. The van der Waals surface area contributed by atoms with Crippen molar-refractivity contribution in [2.24, 2.45) is 0 Å². The van der Waals surface area contributed by atoms with Crippen LogP contribution in [0.5, 0.6) is 11.5 Å². The van der Waals surface area contributed by atoms with E-state index in [-0.39, 0.29) is 17.2 Å². The topological polar surface area (TPSA) is 64.6 Å². The van der Waals surface area contributed by atoms with Crippen LogP contribution in [0, 0.1) is 0 Å². The Morgan fingerprint density at radius 3 is 2.53 bits per heavy atom. The Kier molecular flexibility index (Phi) is 8.11. The molecule has 0 spiro atoms. The number of carbonyl (C=O) groups is 2. The van der Waals surface area contributed by atoms with E-state index < -0.39 is 23.9 Å². The van der Waals surface area contributed by atoms with Gasteiger partial charge in [0.15, 0.2) is 0 Å². The van der Waals surface area contributed by atoms with Crippen molar-refractivity contribution >= 4 is 24.1 Å². The minimum Gasteiger partial charge on any atom is -0.456 e. The normalized spacial score (nSPS) is 12.2. The maximum atomic E-state index is 12.8. The van der Waals surface area contributed by atoms with E-state index in [0.717, 1.165) is 36.1 Å². The third-order valence-electron chi connectivity index (χ3n) is 4.18. The smallest absolute Gasteiger partial charge is 0.416 e. The Hall–Kier alpha value is -2.74. The molecule has 5 nitrogen and oxygen atoms in total. The molecule has 0 fully saturated rings. The molecule has 2 amide bonds. The first-order chi connectivity index (χ1) is 14.1. The van der Waals surface area contributed by atoms with Gasteiger partial charge in [0.25, 0.3) is 0 Å². The van der Waals surface area contributed by atoms with Crippen LogP contribution < -0.4 is 10.1 Å². The number of carbonyl (C=O) groups excluding carboxylic acids is 2. The highest BCUT2D eigenvalue weighted by Crippen LogP contribution is 2.36. The molecule has 9 heteroatoms. The fraction of sp³-hybridized carbons (Fsp3) is 0.333. The van der Waals surface area contributed by atoms with Crippen LogP contribution in [0.1, 0.15) is 37.0 Å². The number of aryl methyl sites for hydroxylation is 1. The molecule has 1 atom stereocenters. The Labute approximate surface area is 177 Å². The predicted molar refractivity (Wildman–Crippen MR) is 106 cm³/mol. The van der Waals surface area contributed by atoms with Crippen molar-refractivity contribution in [1.29, 1.82) is 0 Å². The van der Waals surface area contributed by atoms with E-state index in [4.69, 9.17) is 21.1 Å². The second-order valence-electron chi connectivity index (χ2n) is 6.61. The van der Waals surface area contributed by atoms with Crippen molar-refractivity contribution in [2.75, 3.05) is 0 Å². The molecule has 0 aliphatic heterocycles. The number of imide groups is 1. The van der Waals surface area contributed by atoms with Gasteiger partial charge in [0, 0.05) is 6.42 Å². The number of benzene rings is 2. The Bertz CT molecular complexity index is 902. The van der Waals surface area contributed by atoms with E-state index >= 15 is 0 Å². The Morgan fingerprint density at radius 1 is 1.20 bits per heavy atom. The van der Waals surface area contributed by atoms with Crippen LogP contribution in [0.2, 0.25) is 5.02 Å². The first-order valence-electron chi connectivity index (χ1n) is 9.21. The van der Waals surface area contributed by atoms with Crippen molar-refractivity contribution in [3.8, 4) is 11.5 Å². The number of ether oxygens (including phenoxy) is 2. The minimum absolute atomic E-state index is 0.113. The summed E-state index contributed by atoms with van der Waals surface area (Å²) >= 11 is 5.96. The molecule has 0 radical (unpaired) electrons. The van der Waals surface area contributed by atoms with E-state index in [1.807, 2.05) is 12.2 Å². The van der Waals surface area contributed by atoms with Gasteiger partial charge in [-0.05, 0) is 54.8 Å². The molecule has 0 saturated carbocycles. The molecule has 0 aromatic heterocycles. The molecular formula is C21H21ClF3NO4. The zero-order chi connectivity index (χ0) is 22.3. The zero-order valence-corrected chi connectivity index (χ0v) is 17.1. The van der Waals surface area contributed by atoms with Crippen LogP contribution in [0.25, 0.3) is 0 Å². The number of halogens is 4. The summed E-state index contributed by atoms with van der Waals surface area (Å²) in [4.78, 5) is 21.6. The second kappa shape index (κ2) is 10.3. The largest absolute Gasteiger partial charge is 0.456 e. The summed E-state index contributed by atoms with van der Waals surface area (Å²) in [5.41, 5.74) is 1.02. The highest BCUT2D eigenvalue weighted by molar-refractivity contribution is 6.32. The number of rotatable bonds is 8. The molecule has 1 unspecified atom stereocenters. The summed E-state index contributed by atoms with van der Waals surface area (Å²) in [6, 6.07) is 8.16. The van der Waals surface area contributed by atoms with Crippen molar-refractivity contribution in [3.05, 3.63) is 58.1 Å². The average molecular weight is 444 g/mol. The lowest BCUT2D eigenvalue weighted by atomic mass is 9.98. The number of amides is 2. The number of hydrogen-bond donors (Lipinski definition) is 1. The van der Waals surface area contributed by atoms with Crippen molar-refractivity contribution in [2.45, 2.75) is 45.4 Å². The van der Waals surface area contributed by atoms with Crippen LogP contribution in [0.3, 0.4) is 0 Å². The van der Waals surface area contributed by atoms with E-state index in [2.05, 4.69) is 0 Å². The monoisotopic (exact) mass is 443 g/mol. The molecule has 2 aromatic carbocycles. The van der Waals surface area contributed by atoms with Gasteiger partial charge < -0.3 is 9.47 Å². The van der Waals surface area contributed by atoms with Gasteiger partial charge in [-0.1, -0.05) is 31.0 Å². The molecule has 2 rings (SSSR count). The maximum Gasteiger partial charge on any atom is 0.416 e. The molecule has 30 heavy (non-hydrogen) atoms. The summed E-state index contributed by atoms with van der Waals surface area (Å²) in [7, 11) is 0. The zero-order valence-electron chi connectivity index (χ0n) is 16.4. The summed E-state index contributed by atoms with van der Waals surface area (Å²) < 4.78 is 49.1. The third kappa shape index (κ3) is 6.66. The highest BCUT2D eigenvalue weighted by atomic mass is 35.5. The standard InChI is InChI=1S/C21H21ClF3NO4/c1-3-4-14-10-17(7-5-15(14)9-13(2)29-20(28)26-12-27)30-19-8-6-16(11-18(19)22)21(23,24)25/h5-8,10-13H,3-4,9H2,1-2H3,(H,26,27,28). The van der Waals surface area contributed by atoms with Crippen LogP contribution >= 0.6 is 11.6 Å². The van der Waals surface area contributed by atoms with E-state index in [1.165, 1.54) is 6.07 Å². The molecular weight excluding hydrogens is 423 g/mol. The van der Waals surface area contributed by atoms with Gasteiger partial charge in [-0.15, -0.1) is 0 Å². The van der Waals surface area contributed by atoms with Gasteiger partial charge >= 0.3 is 12.3 Å². The van der Waals surface area contributed by atoms with Crippen LogP contribution in [0.15, 0.2) is 36.4 Å². The summed E-state index contributed by atoms with van der Waals surface area (Å²) in [5, 5.41) is 1.77. The summed E-state index contributed by atoms with van der Waals surface area (Å²) in [6.07, 6.45) is -3.56. The van der Waals surface area contributed by atoms with Gasteiger partial charge in [-0.25, -0.2) is 4.79 Å². The molecule has 0 saturated heterocycles. The molecule has 0 aliphatic carbocycles. The number of nitrogens with one attached hydrogen (secondary N) is 1. The lowest BCUT2D eigenvalue weighted by molar-refractivity contribution is -0.137. The predicted octanol–water partition coefficient (Wildman–Crippen LogP) is 5.92. The number of hydrogen-bond acceptors (Lipinski definition) is 4. The second-order valence-corrected chi connectivity index (χ2v) is 7.01. The molecule has 2 aromatic rings. The minimum atomic E-state index is -4.49. The SMILES string of the molecule is CCCc1cc(Oc2ccc(C(F)(F)F)cc2Cl)ccc1CC(C)OC(=O)NC=O. The van der Waals surface area contributed by atoms with E-state index in [9.17, 15) is 22.8 Å². The van der Waals surface area contributed by atoms with Crippen molar-refractivity contribution in [1.82, 2.24) is 5.32 Å². The van der Waals surface area contributed by atoms with Crippen molar-refractivity contribution in [3.63, 3.8) is 0 Å². The highest BCUT2D eigenvalue weighted by Gasteiger charge is 2.31. The van der Waals surface area contributed by atoms with E-state index in [1.54, 1.807) is 25.1 Å². The van der Waals surface area contributed by atoms with Gasteiger partial charge in [0.1, 0.15) is 17.6 Å². The molecule has 0 aliphatic rings. The average Bonchev–Trinajstić information content (AvgIpc) is 2.65. The number of alkyl halides is 3. The third-order valence-corrected chi connectivity index (χ3v) is 4.47. The molecule has 1 N–H and O–H groups in total. The number of alkyl carbamates (subject to hydrolysis) is 1. The lowest BCUT2D eigenvalue weighted by Crippen LogP contribution is -2.27. The van der Waals surface area contributed by atoms with Gasteiger partial charge in [0.2, 0.25) is 6.41 Å². The quantitative estimate of drug-likeness (QED) is 0.514. The van der Waals surface area contributed by atoms with E-state index in [0.29, 0.717) is 12.2 Å².